The number of carbonyl (C=O) groups excluding carboxylic acids is 1. The van der Waals surface area contributed by atoms with Gasteiger partial charge in [0.25, 0.3) is 5.56 Å². The van der Waals surface area contributed by atoms with E-state index in [0.717, 1.165) is 15.0 Å². The number of anilines is 1. The molecule has 3 aromatic carbocycles. The minimum Gasteiger partial charge on any atom is -0.324 e. The SMILES string of the molecule is CSc1cccc(NC(=O)Cn2c(=O)n(Cc3ccc(Cl)cc3)c(=O)c3ccccc32)c1. The number of aromatic nitrogens is 2. The summed E-state index contributed by atoms with van der Waals surface area (Å²) >= 11 is 7.51. The fourth-order valence-electron chi connectivity index (χ4n) is 3.48. The maximum Gasteiger partial charge on any atom is 0.332 e. The van der Waals surface area contributed by atoms with E-state index >= 15 is 0 Å². The molecule has 162 valence electrons. The van der Waals surface area contributed by atoms with E-state index in [1.807, 2.05) is 24.5 Å². The fraction of sp³-hybridized carbons (Fsp3) is 0.125. The molecule has 0 unspecified atom stereocenters. The molecule has 32 heavy (non-hydrogen) atoms. The third-order valence-electron chi connectivity index (χ3n) is 5.04. The zero-order valence-corrected chi connectivity index (χ0v) is 18.8. The normalized spacial score (nSPS) is 10.9. The summed E-state index contributed by atoms with van der Waals surface area (Å²) in [4.78, 5) is 40.1. The van der Waals surface area contributed by atoms with Crippen LogP contribution >= 0.6 is 23.4 Å². The second kappa shape index (κ2) is 9.46. The molecule has 1 N–H and O–H groups in total. The Morgan fingerprint density at radius 2 is 1.72 bits per heavy atom. The smallest absolute Gasteiger partial charge is 0.324 e. The quantitative estimate of drug-likeness (QED) is 0.432. The van der Waals surface area contributed by atoms with Crippen LogP contribution in [-0.2, 0) is 17.9 Å². The number of nitrogens with one attached hydrogen (secondary N) is 1. The van der Waals surface area contributed by atoms with Crippen LogP contribution in [0.1, 0.15) is 5.56 Å². The van der Waals surface area contributed by atoms with Crippen LogP contribution in [0.25, 0.3) is 10.9 Å². The highest BCUT2D eigenvalue weighted by atomic mass is 35.5. The van der Waals surface area contributed by atoms with Gasteiger partial charge in [-0.3, -0.25) is 18.7 Å². The van der Waals surface area contributed by atoms with E-state index in [1.165, 1.54) is 4.57 Å². The van der Waals surface area contributed by atoms with E-state index in [4.69, 9.17) is 11.6 Å². The Bertz CT molecular complexity index is 1410. The second-order valence-corrected chi connectivity index (χ2v) is 8.50. The summed E-state index contributed by atoms with van der Waals surface area (Å²) in [6.45, 7) is -0.138. The summed E-state index contributed by atoms with van der Waals surface area (Å²) < 4.78 is 2.48. The monoisotopic (exact) mass is 465 g/mol. The van der Waals surface area contributed by atoms with E-state index in [1.54, 1.807) is 66.4 Å². The number of benzene rings is 3. The highest BCUT2D eigenvalue weighted by Gasteiger charge is 2.16. The molecule has 1 aromatic heterocycles. The third-order valence-corrected chi connectivity index (χ3v) is 6.02. The van der Waals surface area contributed by atoms with Gasteiger partial charge in [0, 0.05) is 15.6 Å². The lowest BCUT2D eigenvalue weighted by atomic mass is 10.2. The van der Waals surface area contributed by atoms with Gasteiger partial charge < -0.3 is 5.32 Å². The second-order valence-electron chi connectivity index (χ2n) is 7.18. The van der Waals surface area contributed by atoms with E-state index < -0.39 is 11.2 Å². The molecule has 0 spiro atoms. The van der Waals surface area contributed by atoms with Gasteiger partial charge in [-0.2, -0.15) is 0 Å². The first kappa shape index (κ1) is 21.9. The standard InChI is InChI=1S/C24H20ClN3O3S/c1-32-19-6-4-5-18(13-19)26-22(29)15-27-21-8-3-2-7-20(21)23(30)28(24(27)31)14-16-9-11-17(25)12-10-16/h2-13H,14-15H2,1H3,(H,26,29). The van der Waals surface area contributed by atoms with Crippen LogP contribution in [0.5, 0.6) is 0 Å². The molecule has 0 atom stereocenters. The summed E-state index contributed by atoms with van der Waals surface area (Å²) in [6, 6.07) is 21.2. The van der Waals surface area contributed by atoms with Crippen molar-refractivity contribution in [1.29, 1.82) is 0 Å². The first-order valence-corrected chi connectivity index (χ1v) is 11.5. The molecule has 8 heteroatoms. The number of rotatable bonds is 6. The molecular formula is C24H20ClN3O3S. The Morgan fingerprint density at radius 1 is 0.969 bits per heavy atom. The fourth-order valence-corrected chi connectivity index (χ4v) is 4.07. The minimum absolute atomic E-state index is 0.0804. The number of amides is 1. The number of hydrogen-bond donors (Lipinski definition) is 1. The molecule has 0 radical (unpaired) electrons. The predicted molar refractivity (Wildman–Crippen MR) is 130 cm³/mol. The molecular weight excluding hydrogens is 446 g/mol. The van der Waals surface area contributed by atoms with E-state index in [-0.39, 0.29) is 19.0 Å². The average molecular weight is 466 g/mol. The van der Waals surface area contributed by atoms with Crippen LogP contribution in [-0.4, -0.2) is 21.3 Å². The first-order chi connectivity index (χ1) is 15.5. The maximum absolute atomic E-state index is 13.3. The van der Waals surface area contributed by atoms with Gasteiger partial charge in [0.2, 0.25) is 5.91 Å². The largest absolute Gasteiger partial charge is 0.332 e. The Hall–Kier alpha value is -3.29. The molecule has 0 aliphatic carbocycles. The van der Waals surface area contributed by atoms with Crippen molar-refractivity contribution >= 4 is 45.9 Å². The van der Waals surface area contributed by atoms with Gasteiger partial charge in [0.15, 0.2) is 0 Å². The summed E-state index contributed by atoms with van der Waals surface area (Å²) in [5, 5.41) is 3.78. The molecule has 1 heterocycles. The molecule has 4 rings (SSSR count). The third kappa shape index (κ3) is 4.64. The summed E-state index contributed by atoms with van der Waals surface area (Å²) in [7, 11) is 0. The zero-order chi connectivity index (χ0) is 22.7. The van der Waals surface area contributed by atoms with Crippen LogP contribution in [0.4, 0.5) is 5.69 Å². The number of thioether (sulfide) groups is 1. The topological polar surface area (TPSA) is 73.1 Å². The van der Waals surface area contributed by atoms with Crippen LogP contribution in [0.2, 0.25) is 5.02 Å². The van der Waals surface area contributed by atoms with Crippen molar-refractivity contribution in [2.24, 2.45) is 0 Å². The molecule has 0 aliphatic rings. The Kier molecular flexibility index (Phi) is 6.48. The minimum atomic E-state index is -0.545. The van der Waals surface area contributed by atoms with Crippen LogP contribution in [0.3, 0.4) is 0 Å². The highest BCUT2D eigenvalue weighted by molar-refractivity contribution is 7.98. The van der Waals surface area contributed by atoms with Gasteiger partial charge in [-0.1, -0.05) is 41.9 Å². The van der Waals surface area contributed by atoms with Crippen molar-refractivity contribution in [3.63, 3.8) is 0 Å². The molecule has 0 aliphatic heterocycles. The van der Waals surface area contributed by atoms with Gasteiger partial charge >= 0.3 is 5.69 Å². The lowest BCUT2D eigenvalue weighted by Crippen LogP contribution is -2.42. The van der Waals surface area contributed by atoms with Gasteiger partial charge in [-0.05, 0) is 54.3 Å². The van der Waals surface area contributed by atoms with E-state index in [2.05, 4.69) is 5.32 Å². The summed E-state index contributed by atoms with van der Waals surface area (Å²) in [5.41, 5.74) is 0.881. The molecule has 0 fully saturated rings. The van der Waals surface area contributed by atoms with Gasteiger partial charge in [0.05, 0.1) is 17.4 Å². The number of carbonyl (C=O) groups is 1. The molecule has 0 saturated carbocycles. The number of fused-ring (bicyclic) bond motifs is 1. The Labute approximate surface area is 193 Å². The van der Waals surface area contributed by atoms with Gasteiger partial charge in [-0.25, -0.2) is 4.79 Å². The average Bonchev–Trinajstić information content (AvgIpc) is 2.81. The number of para-hydroxylation sites is 1. The molecule has 0 bridgehead atoms. The predicted octanol–water partition coefficient (Wildman–Crippen LogP) is 4.23. The highest BCUT2D eigenvalue weighted by Crippen LogP contribution is 2.19. The maximum atomic E-state index is 13.3. The lowest BCUT2D eigenvalue weighted by Gasteiger charge is -2.14. The zero-order valence-electron chi connectivity index (χ0n) is 17.2. The van der Waals surface area contributed by atoms with Crippen molar-refractivity contribution in [3.05, 3.63) is 104 Å². The summed E-state index contributed by atoms with van der Waals surface area (Å²) in [5.74, 6) is -0.354. The van der Waals surface area contributed by atoms with E-state index in [9.17, 15) is 14.4 Å². The molecule has 1 amide bonds. The van der Waals surface area contributed by atoms with Crippen molar-refractivity contribution in [3.8, 4) is 0 Å². The van der Waals surface area contributed by atoms with Gasteiger partial charge in [0.1, 0.15) is 6.54 Å². The van der Waals surface area contributed by atoms with E-state index in [0.29, 0.717) is 21.6 Å². The van der Waals surface area contributed by atoms with Crippen molar-refractivity contribution < 1.29 is 4.79 Å². The van der Waals surface area contributed by atoms with Crippen LogP contribution in [0.15, 0.2) is 87.3 Å². The molecule has 4 aromatic rings. The van der Waals surface area contributed by atoms with Crippen molar-refractivity contribution in [2.75, 3.05) is 11.6 Å². The first-order valence-electron chi connectivity index (χ1n) is 9.87. The number of halogens is 1. The summed E-state index contributed by atoms with van der Waals surface area (Å²) in [6.07, 6.45) is 1.95. The lowest BCUT2D eigenvalue weighted by molar-refractivity contribution is -0.116. The Balaban J connectivity index is 1.73. The van der Waals surface area contributed by atoms with Crippen molar-refractivity contribution in [2.45, 2.75) is 18.0 Å². The number of nitrogens with zero attached hydrogens (tertiary/aromatic N) is 2. The molecule has 6 nitrogen and oxygen atoms in total. The molecule has 0 saturated heterocycles. The van der Waals surface area contributed by atoms with Crippen molar-refractivity contribution in [1.82, 2.24) is 9.13 Å². The van der Waals surface area contributed by atoms with Gasteiger partial charge in [-0.15, -0.1) is 11.8 Å². The van der Waals surface area contributed by atoms with Crippen LogP contribution in [0, 0.1) is 0 Å². The van der Waals surface area contributed by atoms with Crippen LogP contribution < -0.4 is 16.6 Å². The Morgan fingerprint density at radius 3 is 2.47 bits per heavy atom. The number of hydrogen-bond acceptors (Lipinski definition) is 4.